The molecule has 3 amide bonds. The molecule has 1 aliphatic carbocycles. The molecule has 2 N–H and O–H groups in total. The molecule has 31 heavy (non-hydrogen) atoms. The third kappa shape index (κ3) is 4.19. The molecule has 2 aromatic carbocycles. The number of alkyl halides is 3. The summed E-state index contributed by atoms with van der Waals surface area (Å²) in [5.74, 6) is -0.694. The maximum Gasteiger partial charge on any atom is 0.418 e. The van der Waals surface area contributed by atoms with Gasteiger partial charge >= 0.3 is 12.2 Å². The lowest BCUT2D eigenvalue weighted by Crippen LogP contribution is -2.49. The SMILES string of the molecule is CC1=C(C(=O)Nc2ccccc2C(F)(F)F)[C@H](c2ccccc2Br)NC(=O)N1C1CC1. The third-order valence-electron chi connectivity index (χ3n) is 5.38. The quantitative estimate of drug-likeness (QED) is 0.581. The van der Waals surface area contributed by atoms with Gasteiger partial charge in [-0.25, -0.2) is 4.79 Å². The monoisotopic (exact) mass is 493 g/mol. The molecule has 0 aromatic heterocycles. The predicted octanol–water partition coefficient (Wildman–Crippen LogP) is 5.61. The predicted molar refractivity (Wildman–Crippen MR) is 113 cm³/mol. The Balaban J connectivity index is 1.77. The Morgan fingerprint density at radius 2 is 1.77 bits per heavy atom. The molecule has 1 fully saturated rings. The summed E-state index contributed by atoms with van der Waals surface area (Å²) < 4.78 is 40.9. The maximum atomic E-state index is 13.4. The van der Waals surface area contributed by atoms with Gasteiger partial charge in [-0.3, -0.25) is 9.69 Å². The highest BCUT2D eigenvalue weighted by atomic mass is 79.9. The van der Waals surface area contributed by atoms with Gasteiger partial charge in [-0.15, -0.1) is 0 Å². The van der Waals surface area contributed by atoms with Gasteiger partial charge in [0, 0.05) is 16.2 Å². The Morgan fingerprint density at radius 1 is 1.13 bits per heavy atom. The molecule has 5 nitrogen and oxygen atoms in total. The van der Waals surface area contributed by atoms with Crippen LogP contribution < -0.4 is 10.6 Å². The second kappa shape index (κ2) is 8.03. The van der Waals surface area contributed by atoms with Crippen molar-refractivity contribution in [2.24, 2.45) is 0 Å². The molecule has 4 rings (SSSR count). The summed E-state index contributed by atoms with van der Waals surface area (Å²) >= 11 is 3.44. The Bertz CT molecular complexity index is 1080. The largest absolute Gasteiger partial charge is 0.418 e. The summed E-state index contributed by atoms with van der Waals surface area (Å²) in [7, 11) is 0. The first-order valence-corrected chi connectivity index (χ1v) is 10.5. The Hall–Kier alpha value is -2.81. The van der Waals surface area contributed by atoms with E-state index in [1.165, 1.54) is 23.1 Å². The van der Waals surface area contributed by atoms with E-state index >= 15 is 0 Å². The van der Waals surface area contributed by atoms with Crippen LogP contribution in [0.1, 0.15) is 36.9 Å². The van der Waals surface area contributed by atoms with Gasteiger partial charge in [-0.2, -0.15) is 13.2 Å². The maximum absolute atomic E-state index is 13.4. The van der Waals surface area contributed by atoms with E-state index in [-0.39, 0.29) is 23.3 Å². The molecular formula is C22H19BrF3N3O2. The van der Waals surface area contributed by atoms with E-state index in [1.807, 2.05) is 0 Å². The first kappa shape index (κ1) is 21.4. The van der Waals surface area contributed by atoms with E-state index in [9.17, 15) is 22.8 Å². The summed E-state index contributed by atoms with van der Waals surface area (Å²) in [5, 5.41) is 5.27. The molecule has 2 aromatic rings. The number of benzene rings is 2. The van der Waals surface area contributed by atoms with E-state index in [0.717, 1.165) is 18.9 Å². The number of amides is 3. The fraction of sp³-hybridized carbons (Fsp3) is 0.273. The van der Waals surface area contributed by atoms with Gasteiger partial charge < -0.3 is 10.6 Å². The number of carbonyl (C=O) groups excluding carboxylic acids is 2. The molecule has 1 heterocycles. The lowest BCUT2D eigenvalue weighted by atomic mass is 9.94. The molecule has 0 unspecified atom stereocenters. The first-order chi connectivity index (χ1) is 14.7. The molecule has 0 radical (unpaired) electrons. The molecule has 162 valence electrons. The molecule has 9 heteroatoms. The average molecular weight is 494 g/mol. The van der Waals surface area contributed by atoms with Gasteiger partial charge in [0.05, 0.1) is 22.9 Å². The minimum Gasteiger partial charge on any atom is -0.326 e. The minimum atomic E-state index is -4.62. The Kier molecular flexibility index (Phi) is 5.55. The number of para-hydroxylation sites is 1. The molecule has 2 aliphatic rings. The summed E-state index contributed by atoms with van der Waals surface area (Å²) in [6, 6.07) is 10.8. The molecule has 0 saturated heterocycles. The molecule has 0 bridgehead atoms. The summed E-state index contributed by atoms with van der Waals surface area (Å²) in [4.78, 5) is 27.6. The highest BCUT2D eigenvalue weighted by Crippen LogP contribution is 2.40. The zero-order chi connectivity index (χ0) is 22.3. The number of halogens is 4. The highest BCUT2D eigenvalue weighted by molar-refractivity contribution is 9.10. The van der Waals surface area contributed by atoms with Crippen molar-refractivity contribution in [3.05, 3.63) is 75.4 Å². The van der Waals surface area contributed by atoms with Crippen LogP contribution in [0.5, 0.6) is 0 Å². The fourth-order valence-corrected chi connectivity index (χ4v) is 4.31. The van der Waals surface area contributed by atoms with Crippen molar-refractivity contribution in [3.8, 4) is 0 Å². The van der Waals surface area contributed by atoms with Gasteiger partial charge in [0.1, 0.15) is 0 Å². The van der Waals surface area contributed by atoms with E-state index in [4.69, 9.17) is 0 Å². The smallest absolute Gasteiger partial charge is 0.326 e. The number of allylic oxidation sites excluding steroid dienone is 1. The van der Waals surface area contributed by atoms with Crippen molar-refractivity contribution in [1.82, 2.24) is 10.2 Å². The number of nitrogens with zero attached hydrogens (tertiary/aromatic N) is 1. The number of urea groups is 1. The van der Waals surface area contributed by atoms with E-state index < -0.39 is 23.7 Å². The molecule has 1 saturated carbocycles. The number of hydrogen-bond donors (Lipinski definition) is 2. The normalized spacial score (nSPS) is 19.3. The van der Waals surface area contributed by atoms with Crippen molar-refractivity contribution in [1.29, 1.82) is 0 Å². The van der Waals surface area contributed by atoms with E-state index in [1.54, 1.807) is 31.2 Å². The average Bonchev–Trinajstić information content (AvgIpc) is 3.52. The summed E-state index contributed by atoms with van der Waals surface area (Å²) in [6.45, 7) is 1.66. The van der Waals surface area contributed by atoms with Crippen molar-refractivity contribution < 1.29 is 22.8 Å². The van der Waals surface area contributed by atoms with Crippen molar-refractivity contribution in [2.45, 2.75) is 38.0 Å². The van der Waals surface area contributed by atoms with Gasteiger partial charge in [-0.1, -0.05) is 46.3 Å². The van der Waals surface area contributed by atoms with Crippen LogP contribution >= 0.6 is 15.9 Å². The second-order valence-electron chi connectivity index (χ2n) is 7.50. The fourth-order valence-electron chi connectivity index (χ4n) is 3.80. The van der Waals surface area contributed by atoms with Crippen LogP contribution in [0.2, 0.25) is 0 Å². The van der Waals surface area contributed by atoms with Crippen LogP contribution in [0.25, 0.3) is 0 Å². The van der Waals surface area contributed by atoms with Crippen LogP contribution in [0.15, 0.2) is 64.3 Å². The van der Waals surface area contributed by atoms with Crippen LogP contribution in [0, 0.1) is 0 Å². The molecular weight excluding hydrogens is 475 g/mol. The molecule has 1 aliphatic heterocycles. The first-order valence-electron chi connectivity index (χ1n) is 9.71. The standard InChI is InChI=1S/C22H19BrF3N3O2/c1-12-18(20(30)27-17-9-5-3-7-15(17)22(24,25)26)19(14-6-2-4-8-16(14)23)28-21(31)29(12)13-10-11-13/h2-9,13,19H,10-11H2,1H3,(H,27,30)(H,28,31)/t19-/m0/s1. The van der Waals surface area contributed by atoms with Crippen molar-refractivity contribution in [3.63, 3.8) is 0 Å². The van der Waals surface area contributed by atoms with Crippen LogP contribution in [0.3, 0.4) is 0 Å². The van der Waals surface area contributed by atoms with Crippen molar-refractivity contribution in [2.75, 3.05) is 5.32 Å². The van der Waals surface area contributed by atoms with Crippen LogP contribution in [-0.2, 0) is 11.0 Å². The third-order valence-corrected chi connectivity index (χ3v) is 6.10. The van der Waals surface area contributed by atoms with Gasteiger partial charge in [0.25, 0.3) is 5.91 Å². The Labute approximate surface area is 185 Å². The van der Waals surface area contributed by atoms with Gasteiger partial charge in [0.2, 0.25) is 0 Å². The zero-order valence-electron chi connectivity index (χ0n) is 16.5. The highest BCUT2D eigenvalue weighted by Gasteiger charge is 2.43. The van der Waals surface area contributed by atoms with Gasteiger partial charge in [-0.05, 0) is 43.5 Å². The Morgan fingerprint density at radius 3 is 2.42 bits per heavy atom. The number of hydrogen-bond acceptors (Lipinski definition) is 2. The van der Waals surface area contributed by atoms with E-state index in [0.29, 0.717) is 15.7 Å². The minimum absolute atomic E-state index is 0.00887. The summed E-state index contributed by atoms with van der Waals surface area (Å²) in [5.41, 5.74) is 0.0169. The molecule has 1 atom stereocenters. The lowest BCUT2D eigenvalue weighted by molar-refractivity contribution is -0.137. The second-order valence-corrected chi connectivity index (χ2v) is 8.36. The molecule has 0 spiro atoms. The van der Waals surface area contributed by atoms with Crippen LogP contribution in [-0.4, -0.2) is 22.9 Å². The topological polar surface area (TPSA) is 61.4 Å². The van der Waals surface area contributed by atoms with E-state index in [2.05, 4.69) is 26.6 Å². The van der Waals surface area contributed by atoms with Crippen LogP contribution in [0.4, 0.5) is 23.7 Å². The lowest BCUT2D eigenvalue weighted by Gasteiger charge is -2.36. The number of rotatable bonds is 4. The number of nitrogens with one attached hydrogen (secondary N) is 2. The van der Waals surface area contributed by atoms with Crippen molar-refractivity contribution >= 4 is 33.6 Å². The number of carbonyl (C=O) groups is 2. The number of anilines is 1. The van der Waals surface area contributed by atoms with Gasteiger partial charge in [0.15, 0.2) is 0 Å². The summed E-state index contributed by atoms with van der Waals surface area (Å²) in [6.07, 6.45) is -2.98. The zero-order valence-corrected chi connectivity index (χ0v) is 18.0.